The molecule has 0 unspecified atom stereocenters. The van der Waals surface area contributed by atoms with E-state index >= 15 is 0 Å². The number of hydrogen-bond donors (Lipinski definition) is 1. The first-order valence-electron chi connectivity index (χ1n) is 5.89. The molecule has 1 saturated heterocycles. The van der Waals surface area contributed by atoms with E-state index in [1.807, 2.05) is 0 Å². The molecule has 1 aliphatic rings. The lowest BCUT2D eigenvalue weighted by Crippen LogP contribution is -2.27. The number of amides is 1. The second-order valence-electron chi connectivity index (χ2n) is 5.91. The third-order valence-corrected chi connectivity index (χ3v) is 3.17. The van der Waals surface area contributed by atoms with Gasteiger partial charge in [-0.25, -0.2) is 0 Å². The van der Waals surface area contributed by atoms with Gasteiger partial charge in [0.05, 0.1) is 0 Å². The zero-order chi connectivity index (χ0) is 12.3. The molecule has 16 heavy (non-hydrogen) atoms. The van der Waals surface area contributed by atoms with E-state index in [1.54, 1.807) is 4.90 Å². The number of aliphatic hydroxyl groups excluding tert-OH is 1. The van der Waals surface area contributed by atoms with Gasteiger partial charge in [-0.2, -0.15) is 0 Å². The maximum atomic E-state index is 11.5. The van der Waals surface area contributed by atoms with Crippen LogP contribution in [-0.4, -0.2) is 35.6 Å². The van der Waals surface area contributed by atoms with Crippen molar-refractivity contribution < 1.29 is 9.90 Å². The Bertz CT molecular complexity index is 268. The molecule has 0 aromatic carbocycles. The molecular weight excluding hydrogens is 202 g/mol. The van der Waals surface area contributed by atoms with E-state index in [0.717, 1.165) is 13.0 Å². The highest BCUT2D eigenvalue weighted by Gasteiger charge is 2.35. The van der Waals surface area contributed by atoms with Crippen molar-refractivity contribution in [2.45, 2.75) is 27.2 Å². The number of nitrogens with zero attached hydrogens (tertiary/aromatic N) is 1. The fourth-order valence-corrected chi connectivity index (χ4v) is 2.47. The number of carbonyl (C=O) groups is 1. The van der Waals surface area contributed by atoms with Crippen LogP contribution in [0.1, 0.15) is 27.2 Å². The van der Waals surface area contributed by atoms with Gasteiger partial charge >= 0.3 is 0 Å². The van der Waals surface area contributed by atoms with Gasteiger partial charge in [-0.15, -0.1) is 0 Å². The number of likely N-dealkylation sites (tertiary alicyclic amines) is 1. The number of carbonyl (C=O) groups excluding carboxylic acids is 1. The van der Waals surface area contributed by atoms with Crippen molar-refractivity contribution in [1.29, 1.82) is 0 Å². The van der Waals surface area contributed by atoms with Crippen LogP contribution in [0.15, 0.2) is 12.7 Å². The summed E-state index contributed by atoms with van der Waals surface area (Å²) in [6.07, 6.45) is 2.40. The van der Waals surface area contributed by atoms with E-state index in [2.05, 4.69) is 27.4 Å². The van der Waals surface area contributed by atoms with Crippen molar-refractivity contribution >= 4 is 5.91 Å². The van der Waals surface area contributed by atoms with Gasteiger partial charge in [-0.05, 0) is 23.8 Å². The predicted octanol–water partition coefficient (Wildman–Crippen LogP) is 1.68. The van der Waals surface area contributed by atoms with Gasteiger partial charge in [0.15, 0.2) is 0 Å². The Labute approximate surface area is 98.1 Å². The Morgan fingerprint density at radius 2 is 2.00 bits per heavy atom. The summed E-state index contributed by atoms with van der Waals surface area (Å²) >= 11 is 0. The van der Waals surface area contributed by atoms with E-state index in [-0.39, 0.29) is 23.8 Å². The van der Waals surface area contributed by atoms with Gasteiger partial charge in [0, 0.05) is 25.6 Å². The second-order valence-corrected chi connectivity index (χ2v) is 5.91. The topological polar surface area (TPSA) is 40.5 Å². The zero-order valence-corrected chi connectivity index (χ0v) is 10.6. The summed E-state index contributed by atoms with van der Waals surface area (Å²) in [4.78, 5) is 13.3. The summed E-state index contributed by atoms with van der Waals surface area (Å²) in [6.45, 7) is 11.7. The van der Waals surface area contributed by atoms with Gasteiger partial charge < -0.3 is 10.0 Å². The summed E-state index contributed by atoms with van der Waals surface area (Å²) < 4.78 is 0. The molecule has 1 heterocycles. The second kappa shape index (κ2) is 5.00. The van der Waals surface area contributed by atoms with Gasteiger partial charge in [-0.3, -0.25) is 4.79 Å². The minimum atomic E-state index is -0.0186. The summed E-state index contributed by atoms with van der Waals surface area (Å²) in [6, 6.07) is 0. The first-order chi connectivity index (χ1) is 7.37. The summed E-state index contributed by atoms with van der Waals surface area (Å²) in [7, 11) is 0. The van der Waals surface area contributed by atoms with Crippen molar-refractivity contribution in [3.05, 3.63) is 12.7 Å². The van der Waals surface area contributed by atoms with Crippen LogP contribution >= 0.6 is 0 Å². The molecule has 1 N–H and O–H groups in total. The molecule has 0 spiro atoms. The average molecular weight is 225 g/mol. The van der Waals surface area contributed by atoms with Gasteiger partial charge in [0.25, 0.3) is 0 Å². The quantitative estimate of drug-likeness (QED) is 0.742. The minimum absolute atomic E-state index is 0.0186. The average Bonchev–Trinajstić information content (AvgIpc) is 2.57. The smallest absolute Gasteiger partial charge is 0.245 e. The van der Waals surface area contributed by atoms with E-state index in [4.69, 9.17) is 0 Å². The molecule has 0 aromatic rings. The van der Waals surface area contributed by atoms with Crippen molar-refractivity contribution in [1.82, 2.24) is 4.90 Å². The molecular formula is C13H23NO2. The molecule has 1 fully saturated rings. The van der Waals surface area contributed by atoms with E-state index in [9.17, 15) is 9.90 Å². The number of hydrogen-bond acceptors (Lipinski definition) is 2. The van der Waals surface area contributed by atoms with Crippen molar-refractivity contribution in [3.63, 3.8) is 0 Å². The van der Waals surface area contributed by atoms with Crippen molar-refractivity contribution in [3.8, 4) is 0 Å². The third-order valence-electron chi connectivity index (χ3n) is 3.17. The van der Waals surface area contributed by atoms with Crippen LogP contribution in [-0.2, 0) is 4.79 Å². The standard InChI is InChI=1S/C13H23NO2/c1-5-12(16)14-7-10(6-13(2,3)4)11(8-14)9-15/h5,10-11,15H,1,6-9H2,2-4H3/t10-,11+/m1/s1. The molecule has 0 aliphatic carbocycles. The highest BCUT2D eigenvalue weighted by molar-refractivity contribution is 5.87. The number of aliphatic hydroxyl groups is 1. The number of rotatable bonds is 3. The van der Waals surface area contributed by atoms with Crippen molar-refractivity contribution in [2.75, 3.05) is 19.7 Å². The van der Waals surface area contributed by atoms with E-state index < -0.39 is 0 Å². The normalized spacial score (nSPS) is 25.9. The molecule has 3 nitrogen and oxygen atoms in total. The Morgan fingerprint density at radius 3 is 2.44 bits per heavy atom. The lowest BCUT2D eigenvalue weighted by molar-refractivity contribution is -0.125. The molecule has 1 rings (SSSR count). The Hall–Kier alpha value is -0.830. The van der Waals surface area contributed by atoms with Crippen LogP contribution in [0.2, 0.25) is 0 Å². The van der Waals surface area contributed by atoms with Crippen LogP contribution in [0.5, 0.6) is 0 Å². The minimum Gasteiger partial charge on any atom is -0.396 e. The van der Waals surface area contributed by atoms with Crippen molar-refractivity contribution in [2.24, 2.45) is 17.3 Å². The molecule has 92 valence electrons. The largest absolute Gasteiger partial charge is 0.396 e. The van der Waals surface area contributed by atoms with Crippen LogP contribution in [0.25, 0.3) is 0 Å². The monoisotopic (exact) mass is 225 g/mol. The molecule has 1 aliphatic heterocycles. The zero-order valence-electron chi connectivity index (χ0n) is 10.6. The molecule has 0 aromatic heterocycles. The first kappa shape index (κ1) is 13.2. The van der Waals surface area contributed by atoms with Gasteiger partial charge in [0.2, 0.25) is 5.91 Å². The van der Waals surface area contributed by atoms with E-state index in [0.29, 0.717) is 12.5 Å². The first-order valence-corrected chi connectivity index (χ1v) is 5.89. The lowest BCUT2D eigenvalue weighted by atomic mass is 9.80. The molecule has 0 bridgehead atoms. The fraction of sp³-hybridized carbons (Fsp3) is 0.769. The Balaban J connectivity index is 2.64. The summed E-state index contributed by atoms with van der Waals surface area (Å²) in [5, 5.41) is 9.34. The van der Waals surface area contributed by atoms with Crippen LogP contribution in [0.4, 0.5) is 0 Å². The highest BCUT2D eigenvalue weighted by Crippen LogP contribution is 2.33. The molecule has 2 atom stereocenters. The maximum absolute atomic E-state index is 11.5. The lowest BCUT2D eigenvalue weighted by Gasteiger charge is -2.25. The summed E-state index contributed by atoms with van der Waals surface area (Å²) in [5.74, 6) is 0.617. The maximum Gasteiger partial charge on any atom is 0.245 e. The Kier molecular flexibility index (Phi) is 4.14. The van der Waals surface area contributed by atoms with Crippen LogP contribution in [0.3, 0.4) is 0 Å². The van der Waals surface area contributed by atoms with Gasteiger partial charge in [-0.1, -0.05) is 27.4 Å². The highest BCUT2D eigenvalue weighted by atomic mass is 16.3. The molecule has 0 radical (unpaired) electrons. The molecule has 1 amide bonds. The predicted molar refractivity (Wildman–Crippen MR) is 64.9 cm³/mol. The Morgan fingerprint density at radius 1 is 1.44 bits per heavy atom. The molecule has 0 saturated carbocycles. The van der Waals surface area contributed by atoms with Crippen LogP contribution in [0, 0.1) is 17.3 Å². The molecule has 3 heteroatoms. The fourth-order valence-electron chi connectivity index (χ4n) is 2.47. The summed E-state index contributed by atoms with van der Waals surface area (Å²) in [5.41, 5.74) is 0.241. The van der Waals surface area contributed by atoms with Crippen LogP contribution < -0.4 is 0 Å². The SMILES string of the molecule is C=CC(=O)N1C[C@@H](CO)[C@H](CC(C)(C)C)C1. The third kappa shape index (κ3) is 3.34. The van der Waals surface area contributed by atoms with E-state index in [1.165, 1.54) is 6.08 Å². The van der Waals surface area contributed by atoms with Gasteiger partial charge in [0.1, 0.15) is 0 Å².